The minimum atomic E-state index is 0.133. The number of benzene rings is 5. The average Bonchev–Trinajstić information content (AvgIpc) is 2.80. The third-order valence-electron chi connectivity index (χ3n) is 5.22. The van der Waals surface area contributed by atoms with E-state index < -0.39 is 0 Å². The minimum absolute atomic E-state index is 0.133. The molecule has 4 heteroatoms. The van der Waals surface area contributed by atoms with Crippen LogP contribution in [0.25, 0.3) is 21.5 Å². The molecule has 0 atom stereocenters. The number of rotatable bonds is 4. The summed E-state index contributed by atoms with van der Waals surface area (Å²) in [7, 11) is 0. The smallest absolute Gasteiger partial charge is 0.133 e. The number of hydrogen-bond acceptors (Lipinski definition) is 4. The molecule has 5 aromatic rings. The van der Waals surface area contributed by atoms with Gasteiger partial charge in [-0.2, -0.15) is 0 Å². The van der Waals surface area contributed by atoms with Gasteiger partial charge in [0.05, 0.1) is 22.1 Å². The van der Waals surface area contributed by atoms with Gasteiger partial charge in [0.25, 0.3) is 0 Å². The number of para-hydroxylation sites is 2. The van der Waals surface area contributed by atoms with Gasteiger partial charge in [-0.25, -0.2) is 0 Å². The Balaban J connectivity index is 1.79. The van der Waals surface area contributed by atoms with Crippen molar-refractivity contribution in [1.82, 2.24) is 0 Å². The molecule has 0 saturated heterocycles. The Bertz CT molecular complexity index is 1240. The summed E-state index contributed by atoms with van der Waals surface area (Å²) in [6.45, 7) is 0. The maximum atomic E-state index is 11.2. The monoisotopic (exact) mass is 392 g/mol. The third-order valence-corrected chi connectivity index (χ3v) is 5.22. The number of anilines is 4. The molecule has 4 N–H and O–H groups in total. The lowest BCUT2D eigenvalue weighted by molar-refractivity contribution is 0.479. The van der Waals surface area contributed by atoms with Crippen LogP contribution in [0.15, 0.2) is 97.1 Å². The van der Waals surface area contributed by atoms with Crippen LogP contribution in [0.1, 0.15) is 0 Å². The van der Waals surface area contributed by atoms with Gasteiger partial charge >= 0.3 is 0 Å². The van der Waals surface area contributed by atoms with E-state index in [0.29, 0.717) is 32.9 Å². The van der Waals surface area contributed by atoms with Gasteiger partial charge in [0.1, 0.15) is 11.5 Å². The quantitative estimate of drug-likeness (QED) is 0.199. The first-order valence-corrected chi connectivity index (χ1v) is 9.76. The van der Waals surface area contributed by atoms with Crippen LogP contribution in [0.2, 0.25) is 0 Å². The number of hydrogen-bond donors (Lipinski definition) is 4. The first-order valence-electron chi connectivity index (χ1n) is 9.76. The molecule has 0 aliphatic heterocycles. The third kappa shape index (κ3) is 3.05. The van der Waals surface area contributed by atoms with Crippen LogP contribution in [0.5, 0.6) is 11.5 Å². The summed E-state index contributed by atoms with van der Waals surface area (Å²) in [6, 6.07) is 30.7. The molecule has 0 heterocycles. The van der Waals surface area contributed by atoms with Crippen molar-refractivity contribution in [3.8, 4) is 11.5 Å². The van der Waals surface area contributed by atoms with Crippen LogP contribution in [0, 0.1) is 0 Å². The fraction of sp³-hybridized carbons (Fsp3) is 0. The number of phenolic OH excluding ortho intramolecular Hbond substituents is 2. The van der Waals surface area contributed by atoms with Crippen molar-refractivity contribution in [2.24, 2.45) is 0 Å². The van der Waals surface area contributed by atoms with E-state index in [4.69, 9.17) is 0 Å². The molecule has 146 valence electrons. The normalized spacial score (nSPS) is 10.9. The summed E-state index contributed by atoms with van der Waals surface area (Å²) in [5.74, 6) is 0.266. The van der Waals surface area contributed by atoms with E-state index >= 15 is 0 Å². The van der Waals surface area contributed by atoms with Gasteiger partial charge in [0, 0.05) is 22.1 Å². The molecule has 0 saturated carbocycles. The van der Waals surface area contributed by atoms with Gasteiger partial charge in [-0.3, -0.25) is 0 Å². The number of fused-ring (bicyclic) bond motifs is 2. The maximum absolute atomic E-state index is 11.2. The van der Waals surface area contributed by atoms with Crippen LogP contribution in [-0.4, -0.2) is 10.2 Å². The Hall–Kier alpha value is -4.18. The zero-order valence-corrected chi connectivity index (χ0v) is 16.1. The largest absolute Gasteiger partial charge is 0.507 e. The van der Waals surface area contributed by atoms with Crippen LogP contribution in [0.4, 0.5) is 22.7 Å². The van der Waals surface area contributed by atoms with Gasteiger partial charge in [-0.15, -0.1) is 0 Å². The number of aromatic hydroxyl groups is 2. The Morgan fingerprint density at radius 2 is 0.800 bits per heavy atom. The fourth-order valence-electron chi connectivity index (χ4n) is 3.82. The topological polar surface area (TPSA) is 64.5 Å². The first kappa shape index (κ1) is 17.9. The van der Waals surface area contributed by atoms with Crippen molar-refractivity contribution in [3.63, 3.8) is 0 Å². The molecule has 0 fully saturated rings. The predicted octanol–water partition coefficient (Wildman–Crippen LogP) is 6.89. The maximum Gasteiger partial charge on any atom is 0.133 e. The lowest BCUT2D eigenvalue weighted by Gasteiger charge is -2.18. The molecule has 0 unspecified atom stereocenters. The lowest BCUT2D eigenvalue weighted by Crippen LogP contribution is -1.97. The van der Waals surface area contributed by atoms with Crippen molar-refractivity contribution in [2.45, 2.75) is 0 Å². The summed E-state index contributed by atoms with van der Waals surface area (Å²) in [5, 5.41) is 31.5. The number of nitrogens with one attached hydrogen (secondary N) is 2. The van der Waals surface area contributed by atoms with Crippen LogP contribution in [-0.2, 0) is 0 Å². The minimum Gasteiger partial charge on any atom is -0.507 e. The average molecular weight is 392 g/mol. The Labute approximate surface area is 174 Å². The van der Waals surface area contributed by atoms with Crippen molar-refractivity contribution < 1.29 is 10.2 Å². The van der Waals surface area contributed by atoms with E-state index in [1.165, 1.54) is 0 Å². The molecule has 0 spiro atoms. The van der Waals surface area contributed by atoms with Crippen molar-refractivity contribution in [3.05, 3.63) is 97.1 Å². The molecule has 4 nitrogen and oxygen atoms in total. The van der Waals surface area contributed by atoms with Crippen molar-refractivity contribution >= 4 is 44.3 Å². The molecular formula is C26H20N2O2. The highest BCUT2D eigenvalue weighted by molar-refractivity contribution is 6.19. The second kappa shape index (κ2) is 7.33. The predicted molar refractivity (Wildman–Crippen MR) is 124 cm³/mol. The van der Waals surface area contributed by atoms with Gasteiger partial charge in [0.15, 0.2) is 0 Å². The zero-order chi connectivity index (χ0) is 20.5. The molecule has 0 amide bonds. The molecule has 0 aliphatic carbocycles. The summed E-state index contributed by atoms with van der Waals surface area (Å²) in [6.07, 6.45) is 0. The summed E-state index contributed by atoms with van der Waals surface area (Å²) >= 11 is 0. The van der Waals surface area contributed by atoms with E-state index in [1.54, 1.807) is 0 Å². The van der Waals surface area contributed by atoms with E-state index in [1.807, 2.05) is 97.1 Å². The van der Waals surface area contributed by atoms with Crippen LogP contribution in [0.3, 0.4) is 0 Å². The van der Waals surface area contributed by atoms with E-state index in [9.17, 15) is 10.2 Å². The molecular weight excluding hydrogens is 372 g/mol. The summed E-state index contributed by atoms with van der Waals surface area (Å²) in [5.41, 5.74) is 3.23. The van der Waals surface area contributed by atoms with Gasteiger partial charge in [-0.1, -0.05) is 60.7 Å². The highest BCUT2D eigenvalue weighted by atomic mass is 16.3. The molecule has 5 aromatic carbocycles. The first-order chi connectivity index (χ1) is 14.7. The van der Waals surface area contributed by atoms with Gasteiger partial charge in [-0.05, 0) is 36.4 Å². The Morgan fingerprint density at radius 3 is 1.20 bits per heavy atom. The second-order valence-corrected chi connectivity index (χ2v) is 7.14. The van der Waals surface area contributed by atoms with E-state index in [2.05, 4.69) is 10.6 Å². The van der Waals surface area contributed by atoms with Gasteiger partial charge < -0.3 is 20.8 Å². The zero-order valence-electron chi connectivity index (χ0n) is 16.1. The van der Waals surface area contributed by atoms with E-state index in [-0.39, 0.29) is 11.5 Å². The van der Waals surface area contributed by atoms with Crippen LogP contribution < -0.4 is 10.6 Å². The summed E-state index contributed by atoms with van der Waals surface area (Å²) < 4.78 is 0. The molecule has 0 radical (unpaired) electrons. The van der Waals surface area contributed by atoms with Crippen LogP contribution >= 0.6 is 0 Å². The Morgan fingerprint density at radius 1 is 0.433 bits per heavy atom. The second-order valence-electron chi connectivity index (χ2n) is 7.14. The highest BCUT2D eigenvalue weighted by Gasteiger charge is 2.19. The highest BCUT2D eigenvalue weighted by Crippen LogP contribution is 2.48. The molecule has 0 aliphatic rings. The molecule has 0 bridgehead atoms. The van der Waals surface area contributed by atoms with E-state index in [0.717, 1.165) is 11.4 Å². The van der Waals surface area contributed by atoms with Gasteiger partial charge in [0.2, 0.25) is 0 Å². The standard InChI is InChI=1S/C26H20N2O2/c29-25-19-13-7-8-14-20(19)26(30)24-22(28-18-11-5-2-6-12-18)16-15-21(23(24)25)27-17-9-3-1-4-10-17/h1-16,27-30H. The Kier molecular flexibility index (Phi) is 4.37. The molecule has 5 rings (SSSR count). The SMILES string of the molecule is Oc1c2ccccc2c(O)c2c(Nc3ccccc3)ccc(Nc3ccccc3)c12. The summed E-state index contributed by atoms with van der Waals surface area (Å²) in [4.78, 5) is 0. The van der Waals surface area contributed by atoms with Crippen molar-refractivity contribution in [2.75, 3.05) is 10.6 Å². The van der Waals surface area contributed by atoms with Crippen molar-refractivity contribution in [1.29, 1.82) is 0 Å². The fourth-order valence-corrected chi connectivity index (χ4v) is 3.82. The lowest BCUT2D eigenvalue weighted by atomic mass is 9.97. The number of phenols is 2. The molecule has 30 heavy (non-hydrogen) atoms. The molecule has 0 aromatic heterocycles.